The molecule has 0 unspecified atom stereocenters. The Morgan fingerprint density at radius 3 is 2.49 bits per heavy atom. The minimum Gasteiger partial charge on any atom is -0.359 e. The molecule has 2 aliphatic rings. The molecule has 2 fully saturated rings. The highest BCUT2D eigenvalue weighted by molar-refractivity contribution is 5.99. The van der Waals surface area contributed by atoms with Crippen LogP contribution in [-0.4, -0.2) is 70.4 Å². The van der Waals surface area contributed by atoms with E-state index >= 15 is 0 Å². The Morgan fingerprint density at radius 2 is 1.83 bits per heavy atom. The van der Waals surface area contributed by atoms with Gasteiger partial charge in [0.15, 0.2) is 0 Å². The van der Waals surface area contributed by atoms with Gasteiger partial charge in [0.25, 0.3) is 5.91 Å². The average Bonchev–Trinajstić information content (AvgIpc) is 3.32. The molecular weight excluding hydrogens is 517 g/mol. The fraction of sp³-hybridized carbons (Fsp3) is 0.545. The zero-order valence-electron chi connectivity index (χ0n) is 25.3. The molecule has 220 valence electrons. The van der Waals surface area contributed by atoms with Crippen molar-refractivity contribution in [1.29, 1.82) is 0 Å². The lowest BCUT2D eigenvalue weighted by Gasteiger charge is -2.47. The number of carbonyl (C=O) groups excluding carboxylic acids is 2. The number of halogens is 1. The van der Waals surface area contributed by atoms with Gasteiger partial charge in [-0.2, -0.15) is 0 Å². The third-order valence-electron chi connectivity index (χ3n) is 9.67. The first-order valence-electron chi connectivity index (χ1n) is 15.1. The average molecular weight is 562 g/mol. The summed E-state index contributed by atoms with van der Waals surface area (Å²) in [6.45, 7) is 10.5. The van der Waals surface area contributed by atoms with Gasteiger partial charge in [0.05, 0.1) is 23.0 Å². The van der Waals surface area contributed by atoms with Crippen molar-refractivity contribution < 1.29 is 14.0 Å². The van der Waals surface area contributed by atoms with Crippen LogP contribution in [0.5, 0.6) is 0 Å². The molecule has 1 N–H and O–H groups in total. The van der Waals surface area contributed by atoms with E-state index in [1.165, 1.54) is 23.1 Å². The molecule has 2 aromatic heterocycles. The van der Waals surface area contributed by atoms with Crippen LogP contribution in [0.3, 0.4) is 0 Å². The number of rotatable bonds is 8. The highest BCUT2D eigenvalue weighted by Crippen LogP contribution is 2.37. The predicted octanol–water partition coefficient (Wildman–Crippen LogP) is 5.37. The molecule has 3 aromatic rings. The lowest BCUT2D eigenvalue weighted by Crippen LogP contribution is -2.54. The van der Waals surface area contributed by atoms with E-state index in [4.69, 9.17) is 0 Å². The zero-order chi connectivity index (χ0) is 29.4. The number of aryl methyl sites for hydroxylation is 1. The quantitative estimate of drug-likeness (QED) is 0.402. The van der Waals surface area contributed by atoms with Crippen LogP contribution in [0.2, 0.25) is 0 Å². The highest BCUT2D eigenvalue weighted by atomic mass is 19.1. The lowest BCUT2D eigenvalue weighted by molar-refractivity contribution is -0.126. The van der Waals surface area contributed by atoms with Crippen molar-refractivity contribution in [3.05, 3.63) is 59.3 Å². The molecule has 7 nitrogen and oxygen atoms in total. The smallest absolute Gasteiger partial charge is 0.256 e. The number of fused-ring (bicyclic) bond motifs is 1. The number of benzene rings is 1. The molecule has 1 saturated heterocycles. The number of amides is 2. The summed E-state index contributed by atoms with van der Waals surface area (Å²) in [5.41, 5.74) is 4.29. The lowest BCUT2D eigenvalue weighted by atomic mass is 9.77. The number of likely N-dealkylation sites (tertiary alicyclic amines) is 1. The van der Waals surface area contributed by atoms with Crippen LogP contribution in [0.25, 0.3) is 16.6 Å². The Morgan fingerprint density at radius 1 is 1.12 bits per heavy atom. The van der Waals surface area contributed by atoms with Crippen LogP contribution in [0.15, 0.2) is 36.8 Å². The van der Waals surface area contributed by atoms with Gasteiger partial charge >= 0.3 is 0 Å². The molecule has 0 radical (unpaired) electrons. The van der Waals surface area contributed by atoms with E-state index in [9.17, 15) is 14.0 Å². The van der Waals surface area contributed by atoms with E-state index in [0.717, 1.165) is 56.3 Å². The fourth-order valence-corrected chi connectivity index (χ4v) is 6.86. The molecule has 5 rings (SSSR count). The van der Waals surface area contributed by atoms with Crippen molar-refractivity contribution in [2.75, 3.05) is 27.2 Å². The number of nitrogens with one attached hydrogen (secondary N) is 1. The topological polar surface area (TPSA) is 70.5 Å². The van der Waals surface area contributed by atoms with Crippen LogP contribution in [0, 0.1) is 30.5 Å². The van der Waals surface area contributed by atoms with Gasteiger partial charge in [-0.15, -0.1) is 0 Å². The summed E-state index contributed by atoms with van der Waals surface area (Å²) in [4.78, 5) is 34.1. The molecule has 1 aliphatic carbocycles. The molecule has 8 heteroatoms. The summed E-state index contributed by atoms with van der Waals surface area (Å²) in [5.74, 6) is 0.926. The summed E-state index contributed by atoms with van der Waals surface area (Å²) < 4.78 is 16.4. The summed E-state index contributed by atoms with van der Waals surface area (Å²) in [7, 11) is 3.49. The van der Waals surface area contributed by atoms with Crippen molar-refractivity contribution in [2.24, 2.45) is 17.8 Å². The minimum absolute atomic E-state index is 0.00525. The summed E-state index contributed by atoms with van der Waals surface area (Å²) in [6.07, 6.45) is 11.0. The van der Waals surface area contributed by atoms with Crippen molar-refractivity contribution in [1.82, 2.24) is 24.7 Å². The SMILES string of the molecule is CNC(=O)[C@H]1CC[C@H]([C@H](C)N2CC(Cc3cn(-c4ccc(F)cc4C(=O)N(C)C(C)C)c4cncc(C)c34)C2)CC1. The number of nitrogens with zero attached hydrogens (tertiary/aromatic N) is 4. The highest BCUT2D eigenvalue weighted by Gasteiger charge is 2.37. The van der Waals surface area contributed by atoms with Gasteiger partial charge in [-0.3, -0.25) is 19.5 Å². The molecule has 3 heterocycles. The molecule has 0 bridgehead atoms. The molecule has 1 aliphatic heterocycles. The van der Waals surface area contributed by atoms with E-state index in [2.05, 4.69) is 35.2 Å². The van der Waals surface area contributed by atoms with Gasteiger partial charge in [-0.05, 0) is 101 Å². The first kappa shape index (κ1) is 29.2. The van der Waals surface area contributed by atoms with E-state index < -0.39 is 5.82 Å². The van der Waals surface area contributed by atoms with E-state index in [0.29, 0.717) is 29.1 Å². The molecule has 0 spiro atoms. The van der Waals surface area contributed by atoms with Crippen LogP contribution < -0.4 is 5.32 Å². The normalized spacial score (nSPS) is 20.7. The molecule has 1 aromatic carbocycles. The Hall–Kier alpha value is -3.26. The summed E-state index contributed by atoms with van der Waals surface area (Å²) in [5, 5.41) is 3.98. The molecule has 1 atom stereocenters. The zero-order valence-corrected chi connectivity index (χ0v) is 25.3. The molecule has 2 amide bonds. The van der Waals surface area contributed by atoms with Crippen molar-refractivity contribution >= 4 is 22.7 Å². The number of pyridine rings is 1. The molecule has 1 saturated carbocycles. The van der Waals surface area contributed by atoms with Gasteiger partial charge in [0.1, 0.15) is 5.82 Å². The van der Waals surface area contributed by atoms with Crippen molar-refractivity contribution in [3.8, 4) is 5.69 Å². The van der Waals surface area contributed by atoms with Crippen LogP contribution >= 0.6 is 0 Å². The number of aromatic nitrogens is 2. The van der Waals surface area contributed by atoms with Crippen LogP contribution in [-0.2, 0) is 11.2 Å². The Balaban J connectivity index is 1.34. The summed E-state index contributed by atoms with van der Waals surface area (Å²) >= 11 is 0. The maximum atomic E-state index is 14.4. The van der Waals surface area contributed by atoms with E-state index in [-0.39, 0.29) is 23.8 Å². The van der Waals surface area contributed by atoms with Gasteiger partial charge in [-0.1, -0.05) is 0 Å². The number of hydrogen-bond acceptors (Lipinski definition) is 4. The van der Waals surface area contributed by atoms with Crippen LogP contribution in [0.4, 0.5) is 4.39 Å². The predicted molar refractivity (Wildman–Crippen MR) is 161 cm³/mol. The van der Waals surface area contributed by atoms with E-state index in [1.54, 1.807) is 25.1 Å². The number of carbonyl (C=O) groups is 2. The van der Waals surface area contributed by atoms with Gasteiger partial charge < -0.3 is 14.8 Å². The van der Waals surface area contributed by atoms with Crippen molar-refractivity contribution in [2.45, 2.75) is 71.9 Å². The van der Waals surface area contributed by atoms with Gasteiger partial charge in [0.2, 0.25) is 5.91 Å². The second-order valence-corrected chi connectivity index (χ2v) is 12.5. The Bertz CT molecular complexity index is 1420. The second kappa shape index (κ2) is 11.9. The van der Waals surface area contributed by atoms with Gasteiger partial charge in [-0.25, -0.2) is 4.39 Å². The third kappa shape index (κ3) is 5.76. The third-order valence-corrected chi connectivity index (χ3v) is 9.67. The minimum atomic E-state index is -0.425. The maximum Gasteiger partial charge on any atom is 0.256 e. The number of hydrogen-bond donors (Lipinski definition) is 1. The molecular formula is C33H44FN5O2. The fourth-order valence-electron chi connectivity index (χ4n) is 6.86. The van der Waals surface area contributed by atoms with Crippen LogP contribution in [0.1, 0.15) is 67.9 Å². The standard InChI is InChI=1S/C33H44FN5O2/c1-20(2)37(6)33(41)28-14-27(34)11-12-29(28)39-19-26(31-21(3)15-36-16-30(31)39)13-23-17-38(18-23)22(4)24-7-9-25(10-8-24)32(40)35-5/h11-12,14-16,19-20,22-25H,7-10,13,17-18H2,1-6H3,(H,35,40)/t22-,24-,25-/m0/s1. The van der Waals surface area contributed by atoms with Crippen molar-refractivity contribution in [3.63, 3.8) is 0 Å². The molecule has 41 heavy (non-hydrogen) atoms. The largest absolute Gasteiger partial charge is 0.359 e. The van der Waals surface area contributed by atoms with Gasteiger partial charge in [0, 0.05) is 63.0 Å². The maximum absolute atomic E-state index is 14.4. The summed E-state index contributed by atoms with van der Waals surface area (Å²) in [6, 6.07) is 4.99. The first-order chi connectivity index (χ1) is 19.6. The second-order valence-electron chi connectivity index (χ2n) is 12.5. The Kier molecular flexibility index (Phi) is 8.50. The van der Waals surface area contributed by atoms with E-state index in [1.807, 2.05) is 30.8 Å². The first-order valence-corrected chi connectivity index (χ1v) is 15.1. The Labute approximate surface area is 243 Å². The monoisotopic (exact) mass is 561 g/mol.